The lowest BCUT2D eigenvalue weighted by molar-refractivity contribution is 0.0844. The van der Waals surface area contributed by atoms with Gasteiger partial charge in [-0.3, -0.25) is 4.79 Å². The fourth-order valence-electron chi connectivity index (χ4n) is 3.88. The monoisotopic (exact) mass is 301 g/mol. The lowest BCUT2D eigenvalue weighted by Crippen LogP contribution is -2.38. The molecule has 2 heterocycles. The van der Waals surface area contributed by atoms with Gasteiger partial charge in [0.2, 0.25) is 0 Å². The van der Waals surface area contributed by atoms with Gasteiger partial charge in [-0.25, -0.2) is 0 Å². The Bertz CT molecular complexity index is 578. The molecule has 0 amide bonds. The van der Waals surface area contributed by atoms with Crippen molar-refractivity contribution in [2.45, 2.75) is 32.1 Å². The molecule has 1 aliphatic carbocycles. The second kappa shape index (κ2) is 5.92. The van der Waals surface area contributed by atoms with Crippen LogP contribution in [0.4, 0.5) is 0 Å². The Balaban J connectivity index is 1.54. The summed E-state index contributed by atoms with van der Waals surface area (Å²) in [6, 6.07) is 3.92. The number of carbonyl (C=O) groups excluding carboxylic acids is 1. The molecule has 1 aromatic carbocycles. The molecule has 22 heavy (non-hydrogen) atoms. The van der Waals surface area contributed by atoms with E-state index in [1.54, 1.807) is 0 Å². The van der Waals surface area contributed by atoms with Crippen LogP contribution in [0.2, 0.25) is 0 Å². The van der Waals surface area contributed by atoms with Crippen LogP contribution in [0, 0.1) is 5.92 Å². The van der Waals surface area contributed by atoms with Crippen molar-refractivity contribution in [2.24, 2.45) is 5.92 Å². The molecule has 0 radical (unpaired) electrons. The Hall–Kier alpha value is -1.55. The first-order valence-corrected chi connectivity index (χ1v) is 8.50. The molecule has 0 unspecified atom stereocenters. The summed E-state index contributed by atoms with van der Waals surface area (Å²) >= 11 is 0. The van der Waals surface area contributed by atoms with Crippen molar-refractivity contribution in [1.29, 1.82) is 0 Å². The molecule has 0 aromatic heterocycles. The standard InChI is InChI=1S/C18H23NO3/c20-18-14(12-19-6-2-1-3-7-19)5-4-13-10-16-17(11-15(13)18)22-9-8-21-16/h10-11,14H,1-9,12H2/t14-/m0/s1. The number of hydrogen-bond acceptors (Lipinski definition) is 4. The molecule has 3 aliphatic rings. The van der Waals surface area contributed by atoms with Crippen molar-refractivity contribution < 1.29 is 14.3 Å². The average Bonchev–Trinajstić information content (AvgIpc) is 2.57. The molecule has 4 nitrogen and oxygen atoms in total. The second-order valence-corrected chi connectivity index (χ2v) is 6.61. The van der Waals surface area contributed by atoms with Crippen molar-refractivity contribution in [1.82, 2.24) is 4.90 Å². The van der Waals surface area contributed by atoms with Gasteiger partial charge in [-0.1, -0.05) is 6.42 Å². The van der Waals surface area contributed by atoms with Crippen LogP contribution in [0.5, 0.6) is 11.5 Å². The molecule has 4 heteroatoms. The van der Waals surface area contributed by atoms with E-state index in [-0.39, 0.29) is 5.92 Å². The number of Topliss-reactive ketones (excluding diaryl/α,β-unsaturated/α-hetero) is 1. The van der Waals surface area contributed by atoms with Crippen molar-refractivity contribution in [3.05, 3.63) is 23.3 Å². The molecule has 0 saturated carbocycles. The maximum atomic E-state index is 12.9. The molecule has 1 aromatic rings. The number of nitrogens with zero attached hydrogens (tertiary/aromatic N) is 1. The minimum Gasteiger partial charge on any atom is -0.486 e. The van der Waals surface area contributed by atoms with E-state index in [0.717, 1.165) is 55.1 Å². The van der Waals surface area contributed by atoms with E-state index >= 15 is 0 Å². The van der Waals surface area contributed by atoms with E-state index in [4.69, 9.17) is 9.47 Å². The van der Waals surface area contributed by atoms with Gasteiger partial charge < -0.3 is 14.4 Å². The zero-order valence-corrected chi connectivity index (χ0v) is 13.0. The predicted molar refractivity (Wildman–Crippen MR) is 83.9 cm³/mol. The van der Waals surface area contributed by atoms with Gasteiger partial charge in [-0.15, -0.1) is 0 Å². The highest BCUT2D eigenvalue weighted by Gasteiger charge is 2.31. The van der Waals surface area contributed by atoms with Crippen molar-refractivity contribution in [3.63, 3.8) is 0 Å². The quantitative estimate of drug-likeness (QED) is 0.842. The predicted octanol–water partition coefficient (Wildman–Crippen LogP) is 2.69. The largest absolute Gasteiger partial charge is 0.486 e. The fraction of sp³-hybridized carbons (Fsp3) is 0.611. The van der Waals surface area contributed by atoms with E-state index < -0.39 is 0 Å². The van der Waals surface area contributed by atoms with Crippen LogP contribution in [0.3, 0.4) is 0 Å². The Morgan fingerprint density at radius 3 is 2.55 bits per heavy atom. The molecule has 2 aliphatic heterocycles. The third-order valence-electron chi connectivity index (χ3n) is 5.09. The van der Waals surface area contributed by atoms with Gasteiger partial charge in [0.1, 0.15) is 13.2 Å². The summed E-state index contributed by atoms with van der Waals surface area (Å²) in [5.74, 6) is 1.97. The summed E-state index contributed by atoms with van der Waals surface area (Å²) in [6.45, 7) is 4.39. The van der Waals surface area contributed by atoms with E-state index in [1.807, 2.05) is 12.1 Å². The highest BCUT2D eigenvalue weighted by atomic mass is 16.6. The van der Waals surface area contributed by atoms with Crippen LogP contribution in [-0.4, -0.2) is 43.5 Å². The Morgan fingerprint density at radius 2 is 1.77 bits per heavy atom. The number of fused-ring (bicyclic) bond motifs is 2. The molecule has 1 atom stereocenters. The minimum atomic E-state index is 0.146. The number of aryl methyl sites for hydroxylation is 1. The summed E-state index contributed by atoms with van der Waals surface area (Å²) in [5.41, 5.74) is 1.99. The zero-order chi connectivity index (χ0) is 14.9. The van der Waals surface area contributed by atoms with Crippen LogP contribution >= 0.6 is 0 Å². The second-order valence-electron chi connectivity index (χ2n) is 6.61. The Labute approximate surface area is 131 Å². The summed E-state index contributed by atoms with van der Waals surface area (Å²) in [5, 5.41) is 0. The number of benzene rings is 1. The van der Waals surface area contributed by atoms with E-state index in [9.17, 15) is 4.79 Å². The van der Waals surface area contributed by atoms with Crippen molar-refractivity contribution in [2.75, 3.05) is 32.8 Å². The van der Waals surface area contributed by atoms with Crippen LogP contribution in [0.15, 0.2) is 12.1 Å². The maximum Gasteiger partial charge on any atom is 0.167 e. The first-order valence-electron chi connectivity index (χ1n) is 8.50. The van der Waals surface area contributed by atoms with Gasteiger partial charge in [-0.2, -0.15) is 0 Å². The normalized spacial score (nSPS) is 24.9. The fourth-order valence-corrected chi connectivity index (χ4v) is 3.88. The molecule has 4 rings (SSSR count). The van der Waals surface area contributed by atoms with E-state index in [0.29, 0.717) is 19.0 Å². The molecular formula is C18H23NO3. The average molecular weight is 301 g/mol. The van der Waals surface area contributed by atoms with Gasteiger partial charge >= 0.3 is 0 Å². The third kappa shape index (κ3) is 2.60. The maximum absolute atomic E-state index is 12.9. The lowest BCUT2D eigenvalue weighted by Gasteiger charge is -2.32. The van der Waals surface area contributed by atoms with E-state index in [1.165, 1.54) is 19.3 Å². The molecule has 118 valence electrons. The van der Waals surface area contributed by atoms with Crippen molar-refractivity contribution >= 4 is 5.78 Å². The SMILES string of the molecule is O=C1c2cc3c(cc2CC[C@H]1CN1CCCCC1)OCCO3. The smallest absolute Gasteiger partial charge is 0.167 e. The minimum absolute atomic E-state index is 0.146. The first-order chi connectivity index (χ1) is 10.8. The van der Waals surface area contributed by atoms with Gasteiger partial charge in [-0.05, 0) is 56.5 Å². The third-order valence-corrected chi connectivity index (χ3v) is 5.09. The highest BCUT2D eigenvalue weighted by molar-refractivity contribution is 6.01. The van der Waals surface area contributed by atoms with Crippen molar-refractivity contribution in [3.8, 4) is 11.5 Å². The number of ketones is 1. The number of hydrogen-bond donors (Lipinski definition) is 0. The molecular weight excluding hydrogens is 278 g/mol. The first kappa shape index (κ1) is 14.1. The number of rotatable bonds is 2. The summed E-state index contributed by atoms with van der Waals surface area (Å²) in [6.07, 6.45) is 5.81. The van der Waals surface area contributed by atoms with Gasteiger partial charge in [0.15, 0.2) is 17.3 Å². The molecule has 0 spiro atoms. The van der Waals surface area contributed by atoms with Crippen LogP contribution in [0.1, 0.15) is 41.6 Å². The van der Waals surface area contributed by atoms with E-state index in [2.05, 4.69) is 4.90 Å². The zero-order valence-electron chi connectivity index (χ0n) is 13.0. The van der Waals surface area contributed by atoms with Gasteiger partial charge in [0.25, 0.3) is 0 Å². The topological polar surface area (TPSA) is 38.8 Å². The highest BCUT2D eigenvalue weighted by Crippen LogP contribution is 2.37. The van der Waals surface area contributed by atoms with Crippen LogP contribution < -0.4 is 9.47 Å². The van der Waals surface area contributed by atoms with Gasteiger partial charge in [0, 0.05) is 18.0 Å². The number of likely N-dealkylation sites (tertiary alicyclic amines) is 1. The Kier molecular flexibility index (Phi) is 3.78. The molecule has 0 N–H and O–H groups in total. The van der Waals surface area contributed by atoms with Crippen LogP contribution in [0.25, 0.3) is 0 Å². The summed E-state index contributed by atoms with van der Waals surface area (Å²) < 4.78 is 11.3. The lowest BCUT2D eigenvalue weighted by atomic mass is 9.82. The molecule has 1 saturated heterocycles. The number of ether oxygens (including phenoxy) is 2. The Morgan fingerprint density at radius 1 is 1.05 bits per heavy atom. The molecule has 0 bridgehead atoms. The number of piperidine rings is 1. The summed E-state index contributed by atoms with van der Waals surface area (Å²) in [4.78, 5) is 15.3. The number of carbonyl (C=O) groups is 1. The molecule has 1 fully saturated rings. The summed E-state index contributed by atoms with van der Waals surface area (Å²) in [7, 11) is 0. The van der Waals surface area contributed by atoms with Gasteiger partial charge in [0.05, 0.1) is 0 Å². The van der Waals surface area contributed by atoms with Crippen LogP contribution in [-0.2, 0) is 6.42 Å².